The average Bonchev–Trinajstić information content (AvgIpc) is 2.69. The first-order valence-electron chi connectivity index (χ1n) is 7.89. The van der Waals surface area contributed by atoms with Crippen molar-refractivity contribution >= 4 is 5.69 Å². The van der Waals surface area contributed by atoms with Crippen LogP contribution in [0.15, 0.2) is 24.3 Å². The minimum absolute atomic E-state index is 0.239. The van der Waals surface area contributed by atoms with Gasteiger partial charge in [-0.25, -0.2) is 0 Å². The van der Waals surface area contributed by atoms with Crippen molar-refractivity contribution in [3.63, 3.8) is 0 Å². The highest BCUT2D eigenvalue weighted by atomic mass is 16.5. The molecule has 110 valence electrons. The second-order valence-corrected chi connectivity index (χ2v) is 6.41. The monoisotopic (exact) mass is 274 g/mol. The fourth-order valence-corrected chi connectivity index (χ4v) is 3.80. The van der Waals surface area contributed by atoms with Gasteiger partial charge in [0.1, 0.15) is 5.75 Å². The molecular formula is C17H26N2O. The van der Waals surface area contributed by atoms with E-state index in [4.69, 9.17) is 4.74 Å². The van der Waals surface area contributed by atoms with Gasteiger partial charge in [-0.1, -0.05) is 0 Å². The largest absolute Gasteiger partial charge is 0.491 e. The summed E-state index contributed by atoms with van der Waals surface area (Å²) < 4.78 is 5.73. The molecule has 0 amide bonds. The summed E-state index contributed by atoms with van der Waals surface area (Å²) in [5.74, 6) is 0.973. The lowest BCUT2D eigenvalue weighted by molar-refractivity contribution is 0.242. The first-order chi connectivity index (χ1) is 9.67. The Morgan fingerprint density at radius 2 is 1.70 bits per heavy atom. The van der Waals surface area contributed by atoms with E-state index in [0.717, 1.165) is 5.75 Å². The SMILES string of the molecule is CNC1CC2CCC(C1)N2c1ccc(OC(C)C)cc1. The Kier molecular flexibility index (Phi) is 3.88. The minimum Gasteiger partial charge on any atom is -0.491 e. The number of hydrogen-bond donors (Lipinski definition) is 1. The second-order valence-electron chi connectivity index (χ2n) is 6.41. The Bertz CT molecular complexity index is 429. The van der Waals surface area contributed by atoms with E-state index in [1.165, 1.54) is 31.4 Å². The maximum atomic E-state index is 5.73. The summed E-state index contributed by atoms with van der Waals surface area (Å²) in [6.45, 7) is 4.13. The van der Waals surface area contributed by atoms with Gasteiger partial charge in [0.15, 0.2) is 0 Å². The molecule has 2 heterocycles. The molecule has 2 bridgehead atoms. The number of rotatable bonds is 4. The molecule has 2 aliphatic heterocycles. The van der Waals surface area contributed by atoms with Crippen LogP contribution >= 0.6 is 0 Å². The van der Waals surface area contributed by atoms with Gasteiger partial charge >= 0.3 is 0 Å². The molecule has 1 N–H and O–H groups in total. The lowest BCUT2D eigenvalue weighted by Crippen LogP contribution is -2.48. The van der Waals surface area contributed by atoms with Crippen LogP contribution in [0.3, 0.4) is 0 Å². The fourth-order valence-electron chi connectivity index (χ4n) is 3.80. The summed E-state index contributed by atoms with van der Waals surface area (Å²) >= 11 is 0. The molecule has 20 heavy (non-hydrogen) atoms. The normalized spacial score (nSPS) is 29.0. The van der Waals surface area contributed by atoms with Gasteiger partial charge in [-0.3, -0.25) is 0 Å². The minimum atomic E-state index is 0.239. The zero-order chi connectivity index (χ0) is 14.1. The molecule has 1 aromatic rings. The molecule has 2 unspecified atom stereocenters. The number of benzene rings is 1. The molecule has 2 fully saturated rings. The Balaban J connectivity index is 1.73. The van der Waals surface area contributed by atoms with E-state index in [9.17, 15) is 0 Å². The first kappa shape index (κ1) is 13.7. The average molecular weight is 274 g/mol. The Hall–Kier alpha value is -1.22. The maximum Gasteiger partial charge on any atom is 0.119 e. The van der Waals surface area contributed by atoms with E-state index in [1.807, 2.05) is 0 Å². The van der Waals surface area contributed by atoms with Crippen LogP contribution in [0.1, 0.15) is 39.5 Å². The molecule has 0 aliphatic carbocycles. The lowest BCUT2D eigenvalue weighted by Gasteiger charge is -2.40. The summed E-state index contributed by atoms with van der Waals surface area (Å²) in [5.41, 5.74) is 1.36. The van der Waals surface area contributed by atoms with Gasteiger partial charge in [-0.05, 0) is 70.8 Å². The fraction of sp³-hybridized carbons (Fsp3) is 0.647. The van der Waals surface area contributed by atoms with Crippen molar-refractivity contribution in [2.75, 3.05) is 11.9 Å². The smallest absolute Gasteiger partial charge is 0.119 e. The zero-order valence-corrected chi connectivity index (χ0v) is 12.8. The van der Waals surface area contributed by atoms with Crippen LogP contribution in [-0.4, -0.2) is 31.3 Å². The number of hydrogen-bond acceptors (Lipinski definition) is 3. The van der Waals surface area contributed by atoms with Crippen LogP contribution in [0, 0.1) is 0 Å². The molecule has 0 radical (unpaired) electrons. The number of piperidine rings is 1. The van der Waals surface area contributed by atoms with Crippen molar-refractivity contribution in [3.8, 4) is 5.75 Å². The molecule has 2 atom stereocenters. The molecule has 0 spiro atoms. The number of anilines is 1. The highest BCUT2D eigenvalue weighted by Gasteiger charge is 2.40. The summed E-state index contributed by atoms with van der Waals surface area (Å²) in [5, 5.41) is 3.46. The number of ether oxygens (including phenoxy) is 1. The van der Waals surface area contributed by atoms with Crippen molar-refractivity contribution < 1.29 is 4.74 Å². The van der Waals surface area contributed by atoms with Gasteiger partial charge in [0, 0.05) is 23.8 Å². The van der Waals surface area contributed by atoms with Gasteiger partial charge in [-0.2, -0.15) is 0 Å². The van der Waals surface area contributed by atoms with Crippen LogP contribution < -0.4 is 15.0 Å². The van der Waals surface area contributed by atoms with E-state index < -0.39 is 0 Å². The van der Waals surface area contributed by atoms with E-state index in [-0.39, 0.29) is 6.10 Å². The molecule has 3 rings (SSSR count). The highest BCUT2D eigenvalue weighted by Crippen LogP contribution is 2.39. The zero-order valence-electron chi connectivity index (χ0n) is 12.8. The van der Waals surface area contributed by atoms with Gasteiger partial charge in [-0.15, -0.1) is 0 Å². The van der Waals surface area contributed by atoms with Crippen molar-refractivity contribution in [2.24, 2.45) is 0 Å². The predicted octanol–water partition coefficient (Wildman–Crippen LogP) is 3.19. The third-order valence-corrected chi connectivity index (χ3v) is 4.65. The van der Waals surface area contributed by atoms with Gasteiger partial charge < -0.3 is 15.0 Å². The van der Waals surface area contributed by atoms with Crippen LogP contribution in [0.25, 0.3) is 0 Å². The summed E-state index contributed by atoms with van der Waals surface area (Å²) in [6.07, 6.45) is 5.47. The maximum absolute atomic E-state index is 5.73. The Labute approximate surface area is 122 Å². The predicted molar refractivity (Wildman–Crippen MR) is 83.6 cm³/mol. The molecular weight excluding hydrogens is 248 g/mol. The summed E-state index contributed by atoms with van der Waals surface area (Å²) in [4.78, 5) is 2.65. The number of fused-ring (bicyclic) bond motifs is 2. The third kappa shape index (κ3) is 2.64. The van der Waals surface area contributed by atoms with Crippen molar-refractivity contribution in [3.05, 3.63) is 24.3 Å². The highest BCUT2D eigenvalue weighted by molar-refractivity contribution is 5.52. The van der Waals surface area contributed by atoms with E-state index in [0.29, 0.717) is 18.1 Å². The summed E-state index contributed by atoms with van der Waals surface area (Å²) in [7, 11) is 2.10. The molecule has 3 heteroatoms. The van der Waals surface area contributed by atoms with Crippen LogP contribution in [0.2, 0.25) is 0 Å². The standard InChI is InChI=1S/C17H26N2O/c1-12(2)20-17-8-6-14(7-9-17)19-15-4-5-16(19)11-13(10-15)18-3/h6-9,12-13,15-16,18H,4-5,10-11H2,1-3H3. The molecule has 3 nitrogen and oxygen atoms in total. The van der Waals surface area contributed by atoms with E-state index >= 15 is 0 Å². The Morgan fingerprint density at radius 3 is 2.20 bits per heavy atom. The number of nitrogens with zero attached hydrogens (tertiary/aromatic N) is 1. The van der Waals surface area contributed by atoms with E-state index in [2.05, 4.69) is 55.4 Å². The van der Waals surface area contributed by atoms with Gasteiger partial charge in [0.25, 0.3) is 0 Å². The quantitative estimate of drug-likeness (QED) is 0.912. The van der Waals surface area contributed by atoms with Crippen LogP contribution in [0.4, 0.5) is 5.69 Å². The van der Waals surface area contributed by atoms with Gasteiger partial charge in [0.2, 0.25) is 0 Å². The van der Waals surface area contributed by atoms with Crippen molar-refractivity contribution in [1.29, 1.82) is 0 Å². The second kappa shape index (κ2) is 5.65. The van der Waals surface area contributed by atoms with E-state index in [1.54, 1.807) is 0 Å². The van der Waals surface area contributed by atoms with Crippen LogP contribution in [0.5, 0.6) is 5.75 Å². The molecule has 0 aromatic heterocycles. The number of nitrogens with one attached hydrogen (secondary N) is 1. The Morgan fingerprint density at radius 1 is 1.10 bits per heavy atom. The molecule has 0 saturated carbocycles. The molecule has 2 aliphatic rings. The first-order valence-corrected chi connectivity index (χ1v) is 7.89. The van der Waals surface area contributed by atoms with Crippen LogP contribution in [-0.2, 0) is 0 Å². The topological polar surface area (TPSA) is 24.5 Å². The third-order valence-electron chi connectivity index (χ3n) is 4.65. The molecule has 2 saturated heterocycles. The van der Waals surface area contributed by atoms with Crippen molar-refractivity contribution in [2.45, 2.75) is 63.8 Å². The lowest BCUT2D eigenvalue weighted by atomic mass is 9.97. The molecule has 1 aromatic carbocycles. The van der Waals surface area contributed by atoms with Crippen molar-refractivity contribution in [1.82, 2.24) is 5.32 Å². The summed E-state index contributed by atoms with van der Waals surface area (Å²) in [6, 6.07) is 10.8. The van der Waals surface area contributed by atoms with Gasteiger partial charge in [0.05, 0.1) is 6.10 Å².